The van der Waals surface area contributed by atoms with Crippen LogP contribution in [0.25, 0.3) is 0 Å². The summed E-state index contributed by atoms with van der Waals surface area (Å²) in [6.45, 7) is 3.62. The van der Waals surface area contributed by atoms with E-state index in [0.29, 0.717) is 13.0 Å². The molecular formula is C45H76NO9P. The Kier molecular flexibility index (Phi) is 38.3. The highest BCUT2D eigenvalue weighted by atomic mass is 31.2. The van der Waals surface area contributed by atoms with Crippen LogP contribution in [-0.2, 0) is 32.7 Å². The minimum atomic E-state index is -4.63. The highest BCUT2D eigenvalue weighted by Gasteiger charge is 2.27. The maximum absolute atomic E-state index is 12.6. The van der Waals surface area contributed by atoms with E-state index in [1.165, 1.54) is 12.8 Å². The van der Waals surface area contributed by atoms with Crippen molar-refractivity contribution in [1.82, 2.24) is 0 Å². The molecule has 0 heterocycles. The maximum atomic E-state index is 12.6. The Bertz CT molecular complexity index is 1210. The van der Waals surface area contributed by atoms with Crippen molar-refractivity contribution in [3.8, 4) is 0 Å². The summed E-state index contributed by atoms with van der Waals surface area (Å²) in [7, 11) is -4.63. The highest BCUT2D eigenvalue weighted by molar-refractivity contribution is 7.47. The van der Waals surface area contributed by atoms with Crippen LogP contribution in [-0.4, -0.2) is 60.5 Å². The minimum Gasteiger partial charge on any atom is -0.480 e. The summed E-state index contributed by atoms with van der Waals surface area (Å²) in [4.78, 5) is 33.5. The van der Waals surface area contributed by atoms with Gasteiger partial charge in [-0.15, -0.1) is 0 Å². The molecule has 0 saturated carbocycles. The number of hydrogen-bond donors (Lipinski definition) is 3. The molecule has 56 heavy (non-hydrogen) atoms. The fourth-order valence-corrected chi connectivity index (χ4v) is 5.89. The number of ether oxygens (including phenoxy) is 2. The lowest BCUT2D eigenvalue weighted by atomic mass is 10.1. The predicted octanol–water partition coefficient (Wildman–Crippen LogP) is 11.6. The van der Waals surface area contributed by atoms with Crippen LogP contribution >= 0.6 is 7.82 Å². The zero-order valence-electron chi connectivity index (χ0n) is 34.7. The van der Waals surface area contributed by atoms with Crippen LogP contribution in [0.1, 0.15) is 149 Å². The van der Waals surface area contributed by atoms with E-state index in [2.05, 4.69) is 98.9 Å². The number of unbranched alkanes of at least 4 members (excludes halogenated alkanes) is 11. The molecule has 0 saturated heterocycles. The number of esters is 1. The second-order valence-corrected chi connectivity index (χ2v) is 15.2. The third-order valence-electron chi connectivity index (χ3n) is 8.41. The maximum Gasteiger partial charge on any atom is 0.472 e. The van der Waals surface area contributed by atoms with Gasteiger partial charge in [0.05, 0.1) is 19.8 Å². The number of carboxylic acid groups (broad SMARTS) is 1. The first-order chi connectivity index (χ1) is 27.2. The van der Waals surface area contributed by atoms with Gasteiger partial charge in [-0.1, -0.05) is 144 Å². The van der Waals surface area contributed by atoms with Crippen molar-refractivity contribution in [1.29, 1.82) is 0 Å². The topological polar surface area (TPSA) is 155 Å². The van der Waals surface area contributed by atoms with Crippen molar-refractivity contribution in [2.45, 2.75) is 161 Å². The summed E-state index contributed by atoms with van der Waals surface area (Å²) >= 11 is 0. The van der Waals surface area contributed by atoms with Gasteiger partial charge in [-0.25, -0.2) is 4.57 Å². The van der Waals surface area contributed by atoms with E-state index in [0.717, 1.165) is 109 Å². The van der Waals surface area contributed by atoms with Gasteiger partial charge in [0.1, 0.15) is 12.1 Å². The SMILES string of the molecule is CC/C=C\C/C=C\C/C=C\C/C=C\C/C=C\CCCCCCOCC(COP(=O)(O)OCC(N)C(=O)O)OC(=O)CCCCCCC/C=C\C/C=C\CCCC. The number of hydrogen-bond acceptors (Lipinski definition) is 8. The van der Waals surface area contributed by atoms with Gasteiger partial charge in [0.2, 0.25) is 0 Å². The number of nitrogens with two attached hydrogens (primary N) is 1. The third-order valence-corrected chi connectivity index (χ3v) is 9.36. The molecule has 320 valence electrons. The van der Waals surface area contributed by atoms with Gasteiger partial charge in [0.25, 0.3) is 0 Å². The number of rotatable bonds is 39. The summed E-state index contributed by atoms with van der Waals surface area (Å²) < 4.78 is 33.3. The number of phosphoric acid groups is 1. The molecule has 0 spiro atoms. The number of carbonyl (C=O) groups excluding carboxylic acids is 1. The van der Waals surface area contributed by atoms with E-state index < -0.39 is 45.1 Å². The first kappa shape index (κ1) is 53.1. The third kappa shape index (κ3) is 39.4. The molecule has 0 amide bonds. The van der Waals surface area contributed by atoms with Gasteiger partial charge in [-0.3, -0.25) is 18.6 Å². The summed E-state index contributed by atoms with van der Waals surface area (Å²) in [5.41, 5.74) is 5.35. The zero-order valence-corrected chi connectivity index (χ0v) is 35.6. The first-order valence-electron chi connectivity index (χ1n) is 21.1. The molecule has 0 rings (SSSR count). The van der Waals surface area contributed by atoms with E-state index in [1.807, 2.05) is 0 Å². The van der Waals surface area contributed by atoms with Crippen molar-refractivity contribution in [3.05, 3.63) is 85.1 Å². The normalized spacial score (nSPS) is 14.8. The standard InChI is InChI=1S/C45H76NO9P/c1-3-5-7-9-11-13-15-17-19-20-21-22-23-24-26-28-30-32-34-36-38-52-39-42(40-53-56(50,51)54-41-43(46)45(48)49)55-44(47)37-35-33-31-29-27-25-18-16-14-12-10-8-6-4-2/h5,7,10-13,16-19,21-22,24,26,42-43H,3-4,6,8-9,14-15,20,23,25,27-41,46H2,1-2H3,(H,48,49)(H,50,51)/b7-5-,12-10-,13-11-,18-16-,19-17-,22-21-,26-24-. The lowest BCUT2D eigenvalue weighted by Crippen LogP contribution is -2.34. The molecule has 4 N–H and O–H groups in total. The molecule has 0 aromatic carbocycles. The summed E-state index contributed by atoms with van der Waals surface area (Å²) in [6, 6.07) is -1.48. The van der Waals surface area contributed by atoms with E-state index in [1.54, 1.807) is 0 Å². The Morgan fingerprint density at radius 2 is 1.04 bits per heavy atom. The van der Waals surface area contributed by atoms with Gasteiger partial charge in [0, 0.05) is 13.0 Å². The summed E-state index contributed by atoms with van der Waals surface area (Å²) in [5, 5.41) is 8.89. The minimum absolute atomic E-state index is 0.0114. The molecule has 0 aliphatic carbocycles. The van der Waals surface area contributed by atoms with Gasteiger partial charge in [0.15, 0.2) is 0 Å². The number of aliphatic carboxylic acids is 1. The second-order valence-electron chi connectivity index (χ2n) is 13.7. The summed E-state index contributed by atoms with van der Waals surface area (Å²) in [6.07, 6.45) is 50.6. The molecule has 0 aliphatic heterocycles. The lowest BCUT2D eigenvalue weighted by Gasteiger charge is -2.20. The Hall–Kier alpha value is -2.85. The highest BCUT2D eigenvalue weighted by Crippen LogP contribution is 2.43. The van der Waals surface area contributed by atoms with Gasteiger partial charge < -0.3 is 25.2 Å². The summed E-state index contributed by atoms with van der Waals surface area (Å²) in [5.74, 6) is -1.81. The fraction of sp³-hybridized carbons (Fsp3) is 0.644. The van der Waals surface area contributed by atoms with Gasteiger partial charge in [-0.05, 0) is 83.5 Å². The van der Waals surface area contributed by atoms with Crippen molar-refractivity contribution in [2.75, 3.05) is 26.4 Å². The van der Waals surface area contributed by atoms with E-state index >= 15 is 0 Å². The van der Waals surface area contributed by atoms with Gasteiger partial charge >= 0.3 is 19.8 Å². The molecule has 10 nitrogen and oxygen atoms in total. The largest absolute Gasteiger partial charge is 0.480 e. The molecule has 11 heteroatoms. The predicted molar refractivity (Wildman–Crippen MR) is 230 cm³/mol. The number of carboxylic acids is 1. The number of carbonyl (C=O) groups is 2. The van der Waals surface area contributed by atoms with Crippen molar-refractivity contribution in [2.24, 2.45) is 5.73 Å². The zero-order chi connectivity index (χ0) is 41.2. The molecule has 3 unspecified atom stereocenters. The Balaban J connectivity index is 4.34. The smallest absolute Gasteiger partial charge is 0.472 e. The van der Waals surface area contributed by atoms with E-state index in [-0.39, 0.29) is 13.0 Å². The Labute approximate surface area is 339 Å². The van der Waals surface area contributed by atoms with Crippen LogP contribution in [0.15, 0.2) is 85.1 Å². The van der Waals surface area contributed by atoms with Crippen LogP contribution in [0.2, 0.25) is 0 Å². The Morgan fingerprint density at radius 3 is 1.55 bits per heavy atom. The number of phosphoric ester groups is 1. The second kappa shape index (κ2) is 40.4. The molecule has 0 radical (unpaired) electrons. The van der Waals surface area contributed by atoms with E-state index in [4.69, 9.17) is 29.4 Å². The monoisotopic (exact) mass is 806 g/mol. The molecule has 0 aliphatic rings. The van der Waals surface area contributed by atoms with Crippen molar-refractivity contribution < 1.29 is 42.7 Å². The van der Waals surface area contributed by atoms with Crippen LogP contribution in [0.3, 0.4) is 0 Å². The van der Waals surface area contributed by atoms with E-state index in [9.17, 15) is 19.0 Å². The molecule has 0 fully saturated rings. The quantitative estimate of drug-likeness (QED) is 0.0237. The molecule has 0 aromatic heterocycles. The average molecular weight is 806 g/mol. The van der Waals surface area contributed by atoms with Crippen LogP contribution in [0, 0.1) is 0 Å². The average Bonchev–Trinajstić information content (AvgIpc) is 3.18. The molecule has 0 bridgehead atoms. The van der Waals surface area contributed by atoms with Crippen LogP contribution in [0.5, 0.6) is 0 Å². The van der Waals surface area contributed by atoms with Crippen LogP contribution < -0.4 is 5.73 Å². The molecular weight excluding hydrogens is 729 g/mol. The fourth-order valence-electron chi connectivity index (χ4n) is 5.12. The first-order valence-corrected chi connectivity index (χ1v) is 22.6. The Morgan fingerprint density at radius 1 is 0.589 bits per heavy atom. The van der Waals surface area contributed by atoms with Crippen molar-refractivity contribution in [3.63, 3.8) is 0 Å². The number of allylic oxidation sites excluding steroid dienone is 14. The van der Waals surface area contributed by atoms with Crippen LogP contribution in [0.4, 0.5) is 0 Å². The van der Waals surface area contributed by atoms with Crippen molar-refractivity contribution >= 4 is 19.8 Å². The van der Waals surface area contributed by atoms with Gasteiger partial charge in [-0.2, -0.15) is 0 Å². The lowest BCUT2D eigenvalue weighted by molar-refractivity contribution is -0.154. The molecule has 3 atom stereocenters. The molecule has 0 aromatic rings.